The minimum Gasteiger partial charge on any atom is -0.399 e. The van der Waals surface area contributed by atoms with Gasteiger partial charge in [0.25, 0.3) is 5.91 Å². The third-order valence-electron chi connectivity index (χ3n) is 6.16. The lowest BCUT2D eigenvalue weighted by molar-refractivity contribution is 0.00578. The fraction of sp³-hybridized carbons (Fsp3) is 0.650. The molecular weight excluding hydrogens is 329 g/mol. The lowest BCUT2D eigenvalue weighted by atomic mass is 9.74. The molecule has 1 unspecified atom stereocenters. The highest BCUT2D eigenvalue weighted by Gasteiger charge is 2.52. The molecule has 1 N–H and O–H groups in total. The number of carbonyl (C=O) groups is 1. The number of hydrogen-bond donors (Lipinski definition) is 1. The molecule has 0 aromatic heterocycles. The summed E-state index contributed by atoms with van der Waals surface area (Å²) in [5, 5.41) is 3.04. The minimum absolute atomic E-state index is 0.0297. The zero-order valence-electron chi connectivity index (χ0n) is 16.8. The van der Waals surface area contributed by atoms with Crippen LogP contribution in [0.15, 0.2) is 12.1 Å². The Morgan fingerprint density at radius 2 is 1.81 bits per heavy atom. The number of benzene rings is 1. The second-order valence-corrected chi connectivity index (χ2v) is 8.48. The first-order valence-corrected chi connectivity index (χ1v) is 9.44. The van der Waals surface area contributed by atoms with Crippen LogP contribution < -0.4 is 10.8 Å². The van der Waals surface area contributed by atoms with Gasteiger partial charge in [-0.2, -0.15) is 0 Å². The van der Waals surface area contributed by atoms with Crippen molar-refractivity contribution in [3.8, 4) is 0 Å². The van der Waals surface area contributed by atoms with E-state index in [1.54, 1.807) is 0 Å². The summed E-state index contributed by atoms with van der Waals surface area (Å²) >= 11 is 0. The third-order valence-corrected chi connectivity index (χ3v) is 6.16. The fourth-order valence-corrected chi connectivity index (χ4v) is 3.39. The summed E-state index contributed by atoms with van der Waals surface area (Å²) in [6.07, 6.45) is 1.01. The summed E-state index contributed by atoms with van der Waals surface area (Å²) in [6, 6.07) is 3.83. The second-order valence-electron chi connectivity index (χ2n) is 8.48. The molecule has 0 aliphatic carbocycles. The van der Waals surface area contributed by atoms with Gasteiger partial charge in [-0.05, 0) is 70.6 Å². The molecule has 3 rings (SSSR count). The van der Waals surface area contributed by atoms with Crippen LogP contribution >= 0.6 is 0 Å². The molecule has 6 heteroatoms. The maximum absolute atomic E-state index is 12.6. The quantitative estimate of drug-likeness (QED) is 0.839. The van der Waals surface area contributed by atoms with E-state index >= 15 is 0 Å². The van der Waals surface area contributed by atoms with Crippen LogP contribution in [-0.2, 0) is 14.0 Å². The first-order chi connectivity index (χ1) is 12.1. The molecule has 2 aliphatic heterocycles. The van der Waals surface area contributed by atoms with E-state index in [9.17, 15) is 4.79 Å². The Kier molecular flexibility index (Phi) is 5.21. The van der Waals surface area contributed by atoms with Crippen molar-refractivity contribution in [1.29, 1.82) is 0 Å². The van der Waals surface area contributed by atoms with Gasteiger partial charge >= 0.3 is 7.12 Å². The number of hydrogen-bond acceptors (Lipinski definition) is 4. The van der Waals surface area contributed by atoms with Gasteiger partial charge in [-0.3, -0.25) is 4.79 Å². The fourth-order valence-electron chi connectivity index (χ4n) is 3.39. The lowest BCUT2D eigenvalue weighted by Crippen LogP contribution is -2.41. The summed E-state index contributed by atoms with van der Waals surface area (Å²) < 4.78 is 17.7. The van der Waals surface area contributed by atoms with Gasteiger partial charge in [-0.1, -0.05) is 6.07 Å². The monoisotopic (exact) mass is 359 g/mol. The molecule has 2 fully saturated rings. The Bertz CT molecular complexity index is 679. The SMILES string of the molecule is Cc1c(B2OC(C)(C)C(C)(C)O2)ccc(C(=O)NCC2CCOC2)c1C. The standard InChI is InChI=1S/C20H30BNO4/c1-13-14(2)17(21-25-19(3,4)20(5,6)26-21)8-7-16(13)18(23)22-11-15-9-10-24-12-15/h7-8,15H,9-12H2,1-6H3,(H,22,23). The Morgan fingerprint density at radius 1 is 1.15 bits per heavy atom. The average molecular weight is 359 g/mol. The van der Waals surface area contributed by atoms with E-state index in [0.29, 0.717) is 18.0 Å². The first kappa shape index (κ1) is 19.4. The van der Waals surface area contributed by atoms with Gasteiger partial charge in [0.1, 0.15) is 0 Å². The maximum atomic E-state index is 12.6. The molecule has 1 aromatic carbocycles. The van der Waals surface area contributed by atoms with Crippen molar-refractivity contribution in [2.24, 2.45) is 5.92 Å². The number of amides is 1. The van der Waals surface area contributed by atoms with Gasteiger partial charge in [0.05, 0.1) is 17.8 Å². The predicted molar refractivity (Wildman–Crippen MR) is 103 cm³/mol. The summed E-state index contributed by atoms with van der Waals surface area (Å²) in [7, 11) is -0.411. The van der Waals surface area contributed by atoms with Crippen molar-refractivity contribution in [2.75, 3.05) is 19.8 Å². The molecule has 1 amide bonds. The zero-order valence-corrected chi connectivity index (χ0v) is 16.8. The highest BCUT2D eigenvalue weighted by atomic mass is 16.7. The van der Waals surface area contributed by atoms with Gasteiger partial charge in [-0.25, -0.2) is 0 Å². The molecule has 2 saturated heterocycles. The van der Waals surface area contributed by atoms with Crippen molar-refractivity contribution < 1.29 is 18.8 Å². The number of nitrogens with one attached hydrogen (secondary N) is 1. The largest absolute Gasteiger partial charge is 0.495 e. The van der Waals surface area contributed by atoms with Crippen LogP contribution in [-0.4, -0.2) is 44.0 Å². The Balaban J connectivity index is 1.75. The van der Waals surface area contributed by atoms with Gasteiger partial charge < -0.3 is 19.4 Å². The molecule has 1 aromatic rings. The third kappa shape index (κ3) is 3.55. The van der Waals surface area contributed by atoms with Crippen molar-refractivity contribution in [2.45, 2.75) is 59.2 Å². The van der Waals surface area contributed by atoms with Gasteiger partial charge in [0.15, 0.2) is 0 Å². The van der Waals surface area contributed by atoms with Crippen LogP contribution in [0.3, 0.4) is 0 Å². The van der Waals surface area contributed by atoms with E-state index in [1.165, 1.54) is 0 Å². The molecule has 2 aliphatic rings. The second kappa shape index (κ2) is 6.99. The summed E-state index contributed by atoms with van der Waals surface area (Å²) in [5.74, 6) is 0.391. The van der Waals surface area contributed by atoms with E-state index in [2.05, 4.69) is 5.32 Å². The van der Waals surface area contributed by atoms with E-state index in [-0.39, 0.29) is 17.1 Å². The zero-order chi connectivity index (χ0) is 19.1. The summed E-state index contributed by atoms with van der Waals surface area (Å²) in [6.45, 7) is 14.4. The van der Waals surface area contributed by atoms with Crippen molar-refractivity contribution in [1.82, 2.24) is 5.32 Å². The van der Waals surface area contributed by atoms with Crippen LogP contribution in [0.4, 0.5) is 0 Å². The molecule has 0 saturated carbocycles. The number of carbonyl (C=O) groups excluding carboxylic acids is 1. The maximum Gasteiger partial charge on any atom is 0.495 e. The van der Waals surface area contributed by atoms with Gasteiger partial charge in [0.2, 0.25) is 0 Å². The highest BCUT2D eigenvalue weighted by molar-refractivity contribution is 6.62. The molecule has 5 nitrogen and oxygen atoms in total. The van der Waals surface area contributed by atoms with Crippen molar-refractivity contribution in [3.05, 3.63) is 28.8 Å². The van der Waals surface area contributed by atoms with E-state index < -0.39 is 7.12 Å². The molecule has 26 heavy (non-hydrogen) atoms. The molecule has 2 heterocycles. The molecule has 142 valence electrons. The van der Waals surface area contributed by atoms with Crippen LogP contribution in [0, 0.1) is 19.8 Å². The van der Waals surface area contributed by atoms with E-state index in [0.717, 1.165) is 36.2 Å². The van der Waals surface area contributed by atoms with Crippen LogP contribution in [0.25, 0.3) is 0 Å². The molecule has 1 atom stereocenters. The highest BCUT2D eigenvalue weighted by Crippen LogP contribution is 2.36. The summed E-state index contributed by atoms with van der Waals surface area (Å²) in [4.78, 5) is 12.6. The van der Waals surface area contributed by atoms with Gasteiger partial charge in [-0.15, -0.1) is 0 Å². The van der Waals surface area contributed by atoms with Crippen LogP contribution in [0.2, 0.25) is 0 Å². The Morgan fingerprint density at radius 3 is 2.38 bits per heavy atom. The molecular formula is C20H30BNO4. The molecule has 0 spiro atoms. The normalized spacial score (nSPS) is 24.1. The predicted octanol–water partition coefficient (Wildman–Crippen LogP) is 2.37. The Hall–Kier alpha value is -1.37. The molecule has 0 radical (unpaired) electrons. The molecule has 0 bridgehead atoms. The Labute approximate surface area is 156 Å². The number of rotatable bonds is 4. The van der Waals surface area contributed by atoms with E-state index in [4.69, 9.17) is 14.0 Å². The van der Waals surface area contributed by atoms with Crippen molar-refractivity contribution >= 4 is 18.5 Å². The minimum atomic E-state index is -0.411. The summed E-state index contributed by atoms with van der Waals surface area (Å²) in [5.41, 5.74) is 2.95. The van der Waals surface area contributed by atoms with Gasteiger partial charge in [0, 0.05) is 24.6 Å². The number of ether oxygens (including phenoxy) is 1. The smallest absolute Gasteiger partial charge is 0.399 e. The lowest BCUT2D eigenvalue weighted by Gasteiger charge is -2.32. The average Bonchev–Trinajstić information content (AvgIpc) is 3.14. The van der Waals surface area contributed by atoms with Crippen LogP contribution in [0.5, 0.6) is 0 Å². The van der Waals surface area contributed by atoms with E-state index in [1.807, 2.05) is 53.7 Å². The first-order valence-electron chi connectivity index (χ1n) is 9.44. The topological polar surface area (TPSA) is 56.8 Å². The van der Waals surface area contributed by atoms with Crippen LogP contribution in [0.1, 0.15) is 55.6 Å². The van der Waals surface area contributed by atoms with Crippen molar-refractivity contribution in [3.63, 3.8) is 0 Å².